The van der Waals surface area contributed by atoms with Crippen LogP contribution in [0.1, 0.15) is 31.7 Å². The first-order chi connectivity index (χ1) is 7.74. The molecule has 1 aromatic carbocycles. The number of nitrogens with one attached hydrogen (secondary N) is 1. The minimum atomic E-state index is 0.594. The van der Waals surface area contributed by atoms with Crippen LogP contribution in [0, 0.1) is 0 Å². The van der Waals surface area contributed by atoms with Gasteiger partial charge in [-0.15, -0.1) is 0 Å². The van der Waals surface area contributed by atoms with Crippen molar-refractivity contribution >= 4 is 16.7 Å². The van der Waals surface area contributed by atoms with Crippen LogP contribution in [0.5, 0.6) is 0 Å². The minimum absolute atomic E-state index is 0.594. The summed E-state index contributed by atoms with van der Waals surface area (Å²) < 4.78 is 0. The van der Waals surface area contributed by atoms with E-state index in [-0.39, 0.29) is 0 Å². The van der Waals surface area contributed by atoms with Crippen LogP contribution in [0.25, 0.3) is 10.9 Å². The maximum absolute atomic E-state index is 5.33. The summed E-state index contributed by atoms with van der Waals surface area (Å²) in [4.78, 5) is 4.38. The van der Waals surface area contributed by atoms with Gasteiger partial charge in [0.25, 0.3) is 0 Å². The molecule has 0 fully saturated rings. The summed E-state index contributed by atoms with van der Waals surface area (Å²) in [5.74, 6) is 6.62. The number of anilines is 1. The summed E-state index contributed by atoms with van der Waals surface area (Å²) >= 11 is 0. The van der Waals surface area contributed by atoms with E-state index in [0.717, 1.165) is 17.3 Å². The summed E-state index contributed by atoms with van der Waals surface area (Å²) in [6.07, 6.45) is 1.15. The fraction of sp³-hybridized carbons (Fsp3) is 0.308. The molecule has 3 heteroatoms. The van der Waals surface area contributed by atoms with Gasteiger partial charge in [0.1, 0.15) is 5.82 Å². The molecule has 1 heterocycles. The lowest BCUT2D eigenvalue weighted by atomic mass is 9.97. The first-order valence-electron chi connectivity index (χ1n) is 5.62. The second kappa shape index (κ2) is 4.49. The van der Waals surface area contributed by atoms with Crippen molar-refractivity contribution in [3.05, 3.63) is 35.9 Å². The number of aromatic nitrogens is 1. The van der Waals surface area contributed by atoms with Crippen molar-refractivity contribution < 1.29 is 0 Å². The Kier molecular flexibility index (Phi) is 3.06. The largest absolute Gasteiger partial charge is 0.308 e. The molecule has 0 saturated carbocycles. The molecule has 0 radical (unpaired) electrons. The molecule has 2 rings (SSSR count). The van der Waals surface area contributed by atoms with E-state index >= 15 is 0 Å². The number of hydrazine groups is 1. The van der Waals surface area contributed by atoms with E-state index in [2.05, 4.69) is 42.5 Å². The van der Waals surface area contributed by atoms with E-state index in [1.165, 1.54) is 5.56 Å². The zero-order valence-corrected chi connectivity index (χ0v) is 9.70. The Morgan fingerprint density at radius 2 is 2.12 bits per heavy atom. The second-order valence-electron chi connectivity index (χ2n) is 4.10. The molecule has 84 valence electrons. The Balaban J connectivity index is 2.47. The molecule has 0 spiro atoms. The Morgan fingerprint density at radius 3 is 2.81 bits per heavy atom. The van der Waals surface area contributed by atoms with Crippen molar-refractivity contribution in [3.8, 4) is 0 Å². The summed E-state index contributed by atoms with van der Waals surface area (Å²) in [5.41, 5.74) is 4.90. The van der Waals surface area contributed by atoms with E-state index in [1.54, 1.807) is 0 Å². The van der Waals surface area contributed by atoms with Crippen LogP contribution in [-0.2, 0) is 0 Å². The molecule has 0 aliphatic rings. The molecule has 0 aliphatic heterocycles. The summed E-state index contributed by atoms with van der Waals surface area (Å²) in [7, 11) is 0. The quantitative estimate of drug-likeness (QED) is 0.611. The molecule has 3 N–H and O–H groups in total. The van der Waals surface area contributed by atoms with Crippen LogP contribution in [0.15, 0.2) is 30.3 Å². The predicted octanol–water partition coefficient (Wildman–Crippen LogP) is 3.03. The molecule has 3 nitrogen and oxygen atoms in total. The molecule has 0 aliphatic carbocycles. The van der Waals surface area contributed by atoms with Gasteiger partial charge in [0.15, 0.2) is 0 Å². The van der Waals surface area contributed by atoms with Gasteiger partial charge in [-0.25, -0.2) is 10.8 Å². The van der Waals surface area contributed by atoms with Crippen molar-refractivity contribution in [2.75, 3.05) is 5.43 Å². The SMILES string of the molecule is CCC(C)c1ccc2nc(NN)ccc2c1. The Bertz CT molecular complexity index is 494. The summed E-state index contributed by atoms with van der Waals surface area (Å²) in [5, 5.41) is 1.16. The second-order valence-corrected chi connectivity index (χ2v) is 4.10. The molecule has 1 atom stereocenters. The van der Waals surface area contributed by atoms with Gasteiger partial charge in [-0.05, 0) is 42.2 Å². The highest BCUT2D eigenvalue weighted by Gasteiger charge is 2.04. The Hall–Kier alpha value is -1.61. The number of hydrogen-bond donors (Lipinski definition) is 2. The molecule has 1 unspecified atom stereocenters. The van der Waals surface area contributed by atoms with Crippen LogP contribution in [0.4, 0.5) is 5.82 Å². The van der Waals surface area contributed by atoms with Crippen molar-refractivity contribution in [1.29, 1.82) is 0 Å². The van der Waals surface area contributed by atoms with Gasteiger partial charge in [-0.1, -0.05) is 19.9 Å². The number of pyridine rings is 1. The fourth-order valence-electron chi connectivity index (χ4n) is 1.77. The smallest absolute Gasteiger partial charge is 0.140 e. The predicted molar refractivity (Wildman–Crippen MR) is 68.3 cm³/mol. The van der Waals surface area contributed by atoms with Gasteiger partial charge in [0, 0.05) is 5.39 Å². The van der Waals surface area contributed by atoms with Gasteiger partial charge in [-0.2, -0.15) is 0 Å². The minimum Gasteiger partial charge on any atom is -0.308 e. The van der Waals surface area contributed by atoms with Gasteiger partial charge in [0.2, 0.25) is 0 Å². The zero-order valence-electron chi connectivity index (χ0n) is 9.70. The maximum Gasteiger partial charge on any atom is 0.140 e. The summed E-state index contributed by atoms with van der Waals surface area (Å²) in [6.45, 7) is 4.44. The van der Waals surface area contributed by atoms with Crippen LogP contribution in [0.3, 0.4) is 0 Å². The third-order valence-electron chi connectivity index (χ3n) is 3.04. The lowest BCUT2D eigenvalue weighted by molar-refractivity contribution is 0.734. The number of hydrogen-bond acceptors (Lipinski definition) is 3. The molecule has 0 amide bonds. The van der Waals surface area contributed by atoms with Crippen molar-refractivity contribution in [2.45, 2.75) is 26.2 Å². The highest BCUT2D eigenvalue weighted by molar-refractivity contribution is 5.81. The fourth-order valence-corrected chi connectivity index (χ4v) is 1.77. The number of fused-ring (bicyclic) bond motifs is 1. The zero-order chi connectivity index (χ0) is 11.5. The van der Waals surface area contributed by atoms with E-state index in [1.807, 2.05) is 12.1 Å². The number of nitrogens with two attached hydrogens (primary N) is 1. The maximum atomic E-state index is 5.33. The third-order valence-corrected chi connectivity index (χ3v) is 3.04. The molecule has 1 aromatic heterocycles. The van der Waals surface area contributed by atoms with Crippen LogP contribution in [0.2, 0.25) is 0 Å². The number of rotatable bonds is 3. The number of nitrogen functional groups attached to an aromatic ring is 1. The van der Waals surface area contributed by atoms with E-state index in [0.29, 0.717) is 11.7 Å². The van der Waals surface area contributed by atoms with Crippen LogP contribution < -0.4 is 11.3 Å². The highest BCUT2D eigenvalue weighted by atomic mass is 15.2. The van der Waals surface area contributed by atoms with E-state index in [4.69, 9.17) is 5.84 Å². The Labute approximate surface area is 95.7 Å². The molecule has 2 aromatic rings. The average molecular weight is 215 g/mol. The lowest BCUT2D eigenvalue weighted by Crippen LogP contribution is -2.08. The van der Waals surface area contributed by atoms with Gasteiger partial charge >= 0.3 is 0 Å². The van der Waals surface area contributed by atoms with Crippen molar-refractivity contribution in [1.82, 2.24) is 4.98 Å². The highest BCUT2D eigenvalue weighted by Crippen LogP contribution is 2.23. The normalized spacial score (nSPS) is 12.7. The first-order valence-corrected chi connectivity index (χ1v) is 5.62. The topological polar surface area (TPSA) is 50.9 Å². The van der Waals surface area contributed by atoms with E-state index < -0.39 is 0 Å². The molecular weight excluding hydrogens is 198 g/mol. The molecular formula is C13H17N3. The van der Waals surface area contributed by atoms with E-state index in [9.17, 15) is 0 Å². The average Bonchev–Trinajstić information content (AvgIpc) is 2.36. The Morgan fingerprint density at radius 1 is 1.31 bits per heavy atom. The monoisotopic (exact) mass is 215 g/mol. The summed E-state index contributed by atoms with van der Waals surface area (Å²) in [6, 6.07) is 10.3. The lowest BCUT2D eigenvalue weighted by Gasteiger charge is -2.10. The third kappa shape index (κ3) is 1.99. The number of benzene rings is 1. The van der Waals surface area contributed by atoms with Crippen molar-refractivity contribution in [3.63, 3.8) is 0 Å². The first kappa shape index (κ1) is 10.9. The molecule has 0 bridgehead atoms. The van der Waals surface area contributed by atoms with Crippen molar-refractivity contribution in [2.24, 2.45) is 5.84 Å². The number of nitrogens with zero attached hydrogens (tertiary/aromatic N) is 1. The van der Waals surface area contributed by atoms with Gasteiger partial charge in [0.05, 0.1) is 5.52 Å². The van der Waals surface area contributed by atoms with Crippen LogP contribution >= 0.6 is 0 Å². The van der Waals surface area contributed by atoms with Crippen LogP contribution in [-0.4, -0.2) is 4.98 Å². The standard InChI is InChI=1S/C13H17N3/c1-3-9(2)10-4-6-12-11(8-10)5-7-13(15-12)16-14/h4-9H,3,14H2,1-2H3,(H,15,16). The molecule has 0 saturated heterocycles. The van der Waals surface area contributed by atoms with Gasteiger partial charge in [-0.3, -0.25) is 0 Å². The van der Waals surface area contributed by atoms with Gasteiger partial charge < -0.3 is 5.43 Å². The molecule has 16 heavy (non-hydrogen) atoms.